The monoisotopic (exact) mass is 296 g/mol. The lowest BCUT2D eigenvalue weighted by Crippen LogP contribution is -2.16. The van der Waals surface area contributed by atoms with E-state index >= 15 is 0 Å². The van der Waals surface area contributed by atoms with Crippen LogP contribution in [0.2, 0.25) is 0 Å². The molecule has 2 rings (SSSR count). The number of primary amides is 1. The van der Waals surface area contributed by atoms with Gasteiger partial charge in [-0.2, -0.15) is 0 Å². The Kier molecular flexibility index (Phi) is 3.75. The van der Waals surface area contributed by atoms with Gasteiger partial charge in [0.1, 0.15) is 5.75 Å². The molecular formula is C14H11F3N2O2. The quantitative estimate of drug-likeness (QED) is 0.855. The van der Waals surface area contributed by atoms with E-state index < -0.39 is 12.3 Å². The van der Waals surface area contributed by atoms with Gasteiger partial charge >= 0.3 is 6.36 Å². The summed E-state index contributed by atoms with van der Waals surface area (Å²) in [6, 6.07) is 9.91. The average Bonchev–Trinajstić information content (AvgIpc) is 2.37. The maximum atomic E-state index is 12.1. The van der Waals surface area contributed by atoms with Crippen molar-refractivity contribution in [1.82, 2.24) is 0 Å². The molecular weight excluding hydrogens is 285 g/mol. The highest BCUT2D eigenvalue weighted by molar-refractivity contribution is 5.98. The Morgan fingerprint density at radius 1 is 1.00 bits per heavy atom. The second-order valence-electron chi connectivity index (χ2n) is 4.24. The Bertz CT molecular complexity index is 667. The van der Waals surface area contributed by atoms with E-state index in [1.54, 1.807) is 6.07 Å². The molecule has 0 aliphatic carbocycles. The van der Waals surface area contributed by atoms with E-state index in [0.717, 1.165) is 0 Å². The summed E-state index contributed by atoms with van der Waals surface area (Å²) in [7, 11) is 0. The summed E-state index contributed by atoms with van der Waals surface area (Å²) < 4.78 is 39.9. The molecule has 0 saturated heterocycles. The Morgan fingerprint density at radius 3 is 2.05 bits per heavy atom. The number of halogens is 3. The van der Waals surface area contributed by atoms with Crippen LogP contribution in [0.1, 0.15) is 10.4 Å². The van der Waals surface area contributed by atoms with Crippen molar-refractivity contribution in [2.24, 2.45) is 5.73 Å². The fourth-order valence-corrected chi connectivity index (χ4v) is 1.82. The predicted octanol–water partition coefficient (Wildman–Crippen LogP) is 2.93. The van der Waals surface area contributed by atoms with Crippen molar-refractivity contribution in [1.29, 1.82) is 0 Å². The smallest absolute Gasteiger partial charge is 0.406 e. The number of carbonyl (C=O) groups is 1. The normalized spacial score (nSPS) is 11.2. The van der Waals surface area contributed by atoms with E-state index in [-0.39, 0.29) is 17.0 Å². The number of ether oxygens (including phenoxy) is 1. The number of rotatable bonds is 3. The third kappa shape index (κ3) is 3.65. The van der Waals surface area contributed by atoms with Crippen molar-refractivity contribution >= 4 is 11.6 Å². The molecule has 2 aromatic rings. The molecule has 0 radical (unpaired) electrons. The first kappa shape index (κ1) is 14.7. The zero-order valence-electron chi connectivity index (χ0n) is 10.6. The largest absolute Gasteiger partial charge is 0.573 e. The molecule has 0 fully saturated rings. The lowest BCUT2D eigenvalue weighted by atomic mass is 10.0. The first-order valence-electron chi connectivity index (χ1n) is 5.82. The second-order valence-corrected chi connectivity index (χ2v) is 4.24. The van der Waals surface area contributed by atoms with Crippen molar-refractivity contribution in [3.8, 4) is 16.9 Å². The van der Waals surface area contributed by atoms with Gasteiger partial charge in [0.15, 0.2) is 0 Å². The summed E-state index contributed by atoms with van der Waals surface area (Å²) in [6.07, 6.45) is -4.73. The van der Waals surface area contributed by atoms with Crippen LogP contribution in [0.4, 0.5) is 18.9 Å². The maximum Gasteiger partial charge on any atom is 0.573 e. The zero-order chi connectivity index (χ0) is 15.6. The van der Waals surface area contributed by atoms with Crippen LogP contribution in [-0.4, -0.2) is 12.3 Å². The number of carbonyl (C=O) groups excluding carboxylic acids is 1. The molecule has 1 amide bonds. The van der Waals surface area contributed by atoms with Crippen LogP contribution in [0.25, 0.3) is 11.1 Å². The topological polar surface area (TPSA) is 78.3 Å². The van der Waals surface area contributed by atoms with Crippen molar-refractivity contribution in [3.63, 3.8) is 0 Å². The molecule has 4 nitrogen and oxygen atoms in total. The lowest BCUT2D eigenvalue weighted by Gasteiger charge is -2.10. The lowest BCUT2D eigenvalue weighted by molar-refractivity contribution is -0.274. The Balaban J connectivity index is 2.27. The Morgan fingerprint density at radius 2 is 1.57 bits per heavy atom. The third-order valence-electron chi connectivity index (χ3n) is 2.74. The molecule has 0 aromatic heterocycles. The zero-order valence-corrected chi connectivity index (χ0v) is 10.6. The third-order valence-corrected chi connectivity index (χ3v) is 2.74. The molecule has 0 heterocycles. The molecule has 0 atom stereocenters. The number of hydrogen-bond acceptors (Lipinski definition) is 3. The fraction of sp³-hybridized carbons (Fsp3) is 0.0714. The van der Waals surface area contributed by atoms with Crippen LogP contribution in [0.3, 0.4) is 0 Å². The molecule has 7 heteroatoms. The number of nitrogens with two attached hydrogens (primary N) is 2. The summed E-state index contributed by atoms with van der Waals surface area (Å²) in [5.41, 5.74) is 12.5. The van der Waals surface area contributed by atoms with E-state index in [9.17, 15) is 18.0 Å². The van der Waals surface area contributed by atoms with Crippen LogP contribution in [-0.2, 0) is 0 Å². The van der Waals surface area contributed by atoms with Gasteiger partial charge in [-0.3, -0.25) is 4.79 Å². The van der Waals surface area contributed by atoms with E-state index in [4.69, 9.17) is 11.5 Å². The van der Waals surface area contributed by atoms with Crippen LogP contribution >= 0.6 is 0 Å². The van der Waals surface area contributed by atoms with Crippen LogP contribution in [0.15, 0.2) is 42.5 Å². The highest BCUT2D eigenvalue weighted by Gasteiger charge is 2.30. The molecule has 0 saturated carbocycles. The van der Waals surface area contributed by atoms with E-state index in [1.165, 1.54) is 36.4 Å². The van der Waals surface area contributed by atoms with Gasteiger partial charge in [-0.15, -0.1) is 13.2 Å². The molecule has 110 valence electrons. The first-order chi connectivity index (χ1) is 9.76. The number of alkyl halides is 3. The van der Waals surface area contributed by atoms with Crippen LogP contribution in [0, 0.1) is 0 Å². The van der Waals surface area contributed by atoms with Gasteiger partial charge in [0.25, 0.3) is 5.91 Å². The molecule has 0 spiro atoms. The minimum absolute atomic E-state index is 0.191. The molecule has 0 aliphatic rings. The number of anilines is 1. The molecule has 21 heavy (non-hydrogen) atoms. The van der Waals surface area contributed by atoms with Crippen LogP contribution < -0.4 is 16.2 Å². The minimum atomic E-state index is -4.73. The highest BCUT2D eigenvalue weighted by atomic mass is 19.4. The maximum absolute atomic E-state index is 12.1. The van der Waals surface area contributed by atoms with Gasteiger partial charge in [-0.25, -0.2) is 0 Å². The Labute approximate surface area is 118 Å². The average molecular weight is 296 g/mol. The number of hydrogen-bond donors (Lipinski definition) is 2. The first-order valence-corrected chi connectivity index (χ1v) is 5.82. The van der Waals surface area contributed by atoms with E-state index in [2.05, 4.69) is 4.74 Å². The summed E-state index contributed by atoms with van der Waals surface area (Å²) >= 11 is 0. The van der Waals surface area contributed by atoms with Crippen molar-refractivity contribution < 1.29 is 22.7 Å². The molecule has 2 aromatic carbocycles. The van der Waals surface area contributed by atoms with Gasteiger partial charge in [-0.1, -0.05) is 18.2 Å². The summed E-state index contributed by atoms with van der Waals surface area (Å²) in [5, 5.41) is 0. The van der Waals surface area contributed by atoms with Gasteiger partial charge in [-0.05, 0) is 35.4 Å². The predicted molar refractivity (Wildman–Crippen MR) is 71.5 cm³/mol. The van der Waals surface area contributed by atoms with E-state index in [0.29, 0.717) is 11.1 Å². The summed E-state index contributed by atoms with van der Waals surface area (Å²) in [4.78, 5) is 11.1. The Hall–Kier alpha value is -2.70. The molecule has 0 bridgehead atoms. The number of nitrogen functional groups attached to an aromatic ring is 1. The molecule has 0 unspecified atom stereocenters. The van der Waals surface area contributed by atoms with Crippen molar-refractivity contribution in [2.75, 3.05) is 5.73 Å². The van der Waals surface area contributed by atoms with Crippen molar-refractivity contribution in [2.45, 2.75) is 6.36 Å². The van der Waals surface area contributed by atoms with E-state index in [1.807, 2.05) is 0 Å². The second kappa shape index (κ2) is 5.35. The number of amides is 1. The van der Waals surface area contributed by atoms with Crippen molar-refractivity contribution in [3.05, 3.63) is 48.0 Å². The van der Waals surface area contributed by atoms with Gasteiger partial charge in [0.05, 0.1) is 5.56 Å². The highest BCUT2D eigenvalue weighted by Crippen LogP contribution is 2.28. The molecule has 4 N–H and O–H groups in total. The van der Waals surface area contributed by atoms with Gasteiger partial charge < -0.3 is 16.2 Å². The summed E-state index contributed by atoms with van der Waals surface area (Å²) in [5.74, 6) is -0.957. The minimum Gasteiger partial charge on any atom is -0.406 e. The molecule has 0 aliphatic heterocycles. The fourth-order valence-electron chi connectivity index (χ4n) is 1.82. The SMILES string of the molecule is NC(=O)c1ccc(-c2ccc(OC(F)(F)F)cc2)cc1N. The standard InChI is InChI=1S/C14H11F3N2O2/c15-14(16,17)21-10-4-1-8(2-5-10)9-3-6-11(13(19)20)12(18)7-9/h1-7H,18H2,(H2,19,20). The van der Waals surface area contributed by atoms with Crippen LogP contribution in [0.5, 0.6) is 5.75 Å². The number of benzene rings is 2. The van der Waals surface area contributed by atoms with Gasteiger partial charge in [0, 0.05) is 5.69 Å². The van der Waals surface area contributed by atoms with Gasteiger partial charge in [0.2, 0.25) is 0 Å². The summed E-state index contributed by atoms with van der Waals surface area (Å²) in [6.45, 7) is 0.